The molecule has 0 fully saturated rings. The van der Waals surface area contributed by atoms with Crippen molar-refractivity contribution < 1.29 is 32.6 Å². The fraction of sp³-hybridized carbons (Fsp3) is 0.158. The van der Waals surface area contributed by atoms with Gasteiger partial charge in [-0.05, 0) is 30.3 Å². The maximum absolute atomic E-state index is 13.0. The third-order valence-corrected chi connectivity index (χ3v) is 3.82. The van der Waals surface area contributed by atoms with Gasteiger partial charge in [0.15, 0.2) is 11.8 Å². The molecular weight excluding hydrogens is 346 g/mol. The monoisotopic (exact) mass is 359 g/mol. The SMILES string of the molecule is CCc1oc2ccccc2c1C(=O)c1ccc(OC(F)(F)C(=O)[O-])cc1. The van der Waals surface area contributed by atoms with Gasteiger partial charge in [0.2, 0.25) is 0 Å². The Balaban J connectivity index is 1.93. The van der Waals surface area contributed by atoms with Gasteiger partial charge in [-0.2, -0.15) is 8.78 Å². The predicted molar refractivity (Wildman–Crippen MR) is 86.0 cm³/mol. The smallest absolute Gasteiger partial charge is 0.441 e. The molecule has 1 aromatic heterocycles. The number of para-hydroxylation sites is 1. The highest BCUT2D eigenvalue weighted by Gasteiger charge is 2.34. The maximum Gasteiger partial charge on any atom is 0.441 e. The van der Waals surface area contributed by atoms with Crippen molar-refractivity contribution in [2.45, 2.75) is 19.5 Å². The van der Waals surface area contributed by atoms with E-state index in [0.29, 0.717) is 28.7 Å². The highest BCUT2D eigenvalue weighted by Crippen LogP contribution is 2.29. The average molecular weight is 359 g/mol. The van der Waals surface area contributed by atoms with Crippen molar-refractivity contribution in [3.63, 3.8) is 0 Å². The van der Waals surface area contributed by atoms with E-state index in [1.165, 1.54) is 12.1 Å². The number of furan rings is 1. The highest BCUT2D eigenvalue weighted by atomic mass is 19.3. The first-order valence-electron chi connectivity index (χ1n) is 7.77. The van der Waals surface area contributed by atoms with Crippen LogP contribution in [0.5, 0.6) is 5.75 Å². The van der Waals surface area contributed by atoms with Crippen molar-refractivity contribution in [2.75, 3.05) is 0 Å². The molecular formula is C19H13F2O5-. The second-order valence-corrected chi connectivity index (χ2v) is 5.51. The molecule has 3 aromatic rings. The molecule has 0 radical (unpaired) electrons. The summed E-state index contributed by atoms with van der Waals surface area (Å²) in [4.78, 5) is 23.2. The molecule has 0 saturated heterocycles. The number of halogens is 2. The van der Waals surface area contributed by atoms with Crippen molar-refractivity contribution >= 4 is 22.7 Å². The number of hydrogen-bond acceptors (Lipinski definition) is 5. The van der Waals surface area contributed by atoms with Crippen LogP contribution in [0.3, 0.4) is 0 Å². The molecule has 134 valence electrons. The first-order valence-corrected chi connectivity index (χ1v) is 7.77. The summed E-state index contributed by atoms with van der Waals surface area (Å²) in [5.41, 5.74) is 1.23. The topological polar surface area (TPSA) is 79.6 Å². The molecule has 7 heteroatoms. The van der Waals surface area contributed by atoms with E-state index in [1.807, 2.05) is 6.92 Å². The van der Waals surface area contributed by atoms with Gasteiger partial charge in [0, 0.05) is 17.4 Å². The number of fused-ring (bicyclic) bond motifs is 1. The highest BCUT2D eigenvalue weighted by molar-refractivity contribution is 6.16. The van der Waals surface area contributed by atoms with E-state index in [2.05, 4.69) is 4.74 Å². The summed E-state index contributed by atoms with van der Waals surface area (Å²) in [6, 6.07) is 11.9. The molecule has 0 bridgehead atoms. The van der Waals surface area contributed by atoms with E-state index in [-0.39, 0.29) is 11.3 Å². The van der Waals surface area contributed by atoms with Gasteiger partial charge >= 0.3 is 6.11 Å². The molecule has 5 nitrogen and oxygen atoms in total. The number of aryl methyl sites for hydroxylation is 1. The van der Waals surface area contributed by atoms with Crippen molar-refractivity contribution in [3.8, 4) is 5.75 Å². The van der Waals surface area contributed by atoms with E-state index < -0.39 is 17.8 Å². The van der Waals surface area contributed by atoms with Gasteiger partial charge in [-0.3, -0.25) is 4.79 Å². The number of carbonyl (C=O) groups is 2. The van der Waals surface area contributed by atoms with Crippen molar-refractivity contribution in [3.05, 3.63) is 65.4 Å². The van der Waals surface area contributed by atoms with Crippen LogP contribution in [-0.2, 0) is 11.2 Å². The second kappa shape index (κ2) is 6.59. The Morgan fingerprint density at radius 3 is 2.38 bits per heavy atom. The number of ketones is 1. The lowest BCUT2D eigenvalue weighted by atomic mass is 9.99. The lowest BCUT2D eigenvalue weighted by molar-refractivity contribution is -0.350. The Morgan fingerprint density at radius 1 is 1.12 bits per heavy atom. The van der Waals surface area contributed by atoms with Crippen LogP contribution in [0.4, 0.5) is 8.78 Å². The number of rotatable bonds is 6. The first-order chi connectivity index (χ1) is 12.3. The van der Waals surface area contributed by atoms with Gasteiger partial charge in [-0.25, -0.2) is 0 Å². The van der Waals surface area contributed by atoms with E-state index in [9.17, 15) is 23.5 Å². The molecule has 0 saturated carbocycles. The molecule has 0 aliphatic carbocycles. The Morgan fingerprint density at radius 2 is 1.77 bits per heavy atom. The van der Waals surface area contributed by atoms with Crippen molar-refractivity contribution in [1.29, 1.82) is 0 Å². The zero-order valence-corrected chi connectivity index (χ0v) is 13.6. The van der Waals surface area contributed by atoms with Crippen LogP contribution in [0.25, 0.3) is 11.0 Å². The molecule has 26 heavy (non-hydrogen) atoms. The van der Waals surface area contributed by atoms with Crippen LogP contribution in [-0.4, -0.2) is 17.9 Å². The van der Waals surface area contributed by atoms with Gasteiger partial charge in [0.1, 0.15) is 17.1 Å². The van der Waals surface area contributed by atoms with Crippen molar-refractivity contribution in [2.24, 2.45) is 0 Å². The number of carboxylic acid groups (broad SMARTS) is 1. The first kappa shape index (κ1) is 17.6. The number of carbonyl (C=O) groups excluding carboxylic acids is 2. The summed E-state index contributed by atoms with van der Waals surface area (Å²) >= 11 is 0. The minimum absolute atomic E-state index is 0.232. The fourth-order valence-corrected chi connectivity index (χ4v) is 2.60. The fourth-order valence-electron chi connectivity index (χ4n) is 2.60. The number of ether oxygens (including phenoxy) is 1. The lowest BCUT2D eigenvalue weighted by Gasteiger charge is -2.18. The Bertz CT molecular complexity index is 973. The molecule has 0 aliphatic rings. The molecule has 0 unspecified atom stereocenters. The predicted octanol–water partition coefficient (Wildman–Crippen LogP) is 2.95. The van der Waals surface area contributed by atoms with Crippen LogP contribution in [0.1, 0.15) is 28.6 Å². The summed E-state index contributed by atoms with van der Waals surface area (Å²) in [6.07, 6.45) is -3.95. The minimum atomic E-state index is -4.46. The average Bonchev–Trinajstić information content (AvgIpc) is 3.00. The number of aliphatic carboxylic acids is 1. The van der Waals surface area contributed by atoms with E-state index >= 15 is 0 Å². The summed E-state index contributed by atoms with van der Waals surface area (Å²) in [5.74, 6) is -2.84. The summed E-state index contributed by atoms with van der Waals surface area (Å²) in [5, 5.41) is 11.0. The number of alkyl halides is 2. The van der Waals surface area contributed by atoms with Gasteiger partial charge in [0.05, 0.1) is 5.56 Å². The van der Waals surface area contributed by atoms with Crippen LogP contribution in [0.2, 0.25) is 0 Å². The van der Waals surface area contributed by atoms with Crippen LogP contribution >= 0.6 is 0 Å². The number of hydrogen-bond donors (Lipinski definition) is 0. The standard InChI is InChI=1S/C19H14F2O5/c1-2-14-16(13-5-3-4-6-15(13)25-14)17(22)11-7-9-12(10-8-11)26-19(20,21)18(23)24/h3-10H,2H2,1H3,(H,23,24)/p-1. The molecule has 0 spiro atoms. The molecule has 0 aliphatic heterocycles. The van der Waals surface area contributed by atoms with Gasteiger partial charge in [0.25, 0.3) is 0 Å². The van der Waals surface area contributed by atoms with Gasteiger partial charge in [-0.1, -0.05) is 25.1 Å². The quantitative estimate of drug-likeness (QED) is 0.632. The second-order valence-electron chi connectivity index (χ2n) is 5.51. The van der Waals surface area contributed by atoms with Crippen LogP contribution < -0.4 is 9.84 Å². The summed E-state index contributed by atoms with van der Waals surface area (Å²) < 4.78 is 35.8. The zero-order valence-electron chi connectivity index (χ0n) is 13.6. The molecule has 3 rings (SSSR count). The van der Waals surface area contributed by atoms with E-state index in [4.69, 9.17) is 4.42 Å². The normalized spacial score (nSPS) is 11.5. The third kappa shape index (κ3) is 3.15. The summed E-state index contributed by atoms with van der Waals surface area (Å²) in [7, 11) is 0. The van der Waals surface area contributed by atoms with Crippen LogP contribution in [0, 0.1) is 0 Å². The molecule has 0 N–H and O–H groups in total. The summed E-state index contributed by atoms with van der Waals surface area (Å²) in [6.45, 7) is 1.85. The molecule has 0 atom stereocenters. The molecule has 2 aromatic carbocycles. The Hall–Kier alpha value is -3.22. The number of benzene rings is 2. The van der Waals surface area contributed by atoms with E-state index in [0.717, 1.165) is 12.1 Å². The molecule has 0 amide bonds. The maximum atomic E-state index is 13.0. The minimum Gasteiger partial charge on any atom is -0.541 e. The third-order valence-electron chi connectivity index (χ3n) is 3.82. The zero-order chi connectivity index (χ0) is 18.9. The van der Waals surface area contributed by atoms with E-state index in [1.54, 1.807) is 24.3 Å². The Kier molecular flexibility index (Phi) is 4.46. The van der Waals surface area contributed by atoms with Crippen molar-refractivity contribution in [1.82, 2.24) is 0 Å². The van der Waals surface area contributed by atoms with Gasteiger partial charge < -0.3 is 19.1 Å². The largest absolute Gasteiger partial charge is 0.541 e. The van der Waals surface area contributed by atoms with Gasteiger partial charge in [-0.15, -0.1) is 0 Å². The lowest BCUT2D eigenvalue weighted by Crippen LogP contribution is -2.45. The Labute approximate surface area is 146 Å². The molecule has 1 heterocycles. The van der Waals surface area contributed by atoms with Crippen LogP contribution in [0.15, 0.2) is 52.9 Å². The number of carboxylic acids is 1.